The van der Waals surface area contributed by atoms with Crippen molar-refractivity contribution in [1.82, 2.24) is 10.6 Å². The van der Waals surface area contributed by atoms with Crippen molar-refractivity contribution in [3.05, 3.63) is 53.6 Å². The minimum atomic E-state index is -0.657. The van der Waals surface area contributed by atoms with E-state index in [0.29, 0.717) is 30.5 Å². The molecule has 0 bridgehead atoms. The number of nitrogens with zero attached hydrogens (tertiary/aromatic N) is 1. The monoisotopic (exact) mass is 387 g/mol. The van der Waals surface area contributed by atoms with Gasteiger partial charge in [-0.3, -0.25) is 0 Å². The molecule has 0 saturated carbocycles. The van der Waals surface area contributed by atoms with Crippen LogP contribution in [0.1, 0.15) is 24.2 Å². The number of aliphatic hydroxyl groups is 1. The summed E-state index contributed by atoms with van der Waals surface area (Å²) in [5, 5.41) is 16.7. The van der Waals surface area contributed by atoms with E-state index in [1.165, 1.54) is 0 Å². The van der Waals surface area contributed by atoms with Gasteiger partial charge in [0.2, 0.25) is 0 Å². The first-order valence-corrected chi connectivity index (χ1v) is 9.16. The zero-order valence-electron chi connectivity index (χ0n) is 16.9. The van der Waals surface area contributed by atoms with Crippen molar-refractivity contribution in [1.29, 1.82) is 0 Å². The molecule has 2 aromatic rings. The van der Waals surface area contributed by atoms with Crippen molar-refractivity contribution in [2.45, 2.75) is 19.6 Å². The van der Waals surface area contributed by atoms with Crippen LogP contribution in [0.15, 0.2) is 47.5 Å². The summed E-state index contributed by atoms with van der Waals surface area (Å²) in [6, 6.07) is 13.1. The van der Waals surface area contributed by atoms with Gasteiger partial charge >= 0.3 is 0 Å². The molecule has 3 N–H and O–H groups in total. The van der Waals surface area contributed by atoms with Gasteiger partial charge in [-0.05, 0) is 42.3 Å². The standard InChI is InChI=1S/C21H29N3O4/c1-5-22-21(23-13-15-6-11-19(27-3)20(12-15)28-4)24-14-18(25)16-7-9-17(26-2)10-8-16/h6-12,18,25H,5,13-14H2,1-4H3,(H2,22,23,24). The van der Waals surface area contributed by atoms with Crippen molar-refractivity contribution in [3.63, 3.8) is 0 Å². The van der Waals surface area contributed by atoms with E-state index in [-0.39, 0.29) is 0 Å². The molecule has 0 aliphatic heterocycles. The topological polar surface area (TPSA) is 84.3 Å². The molecule has 0 fully saturated rings. The van der Waals surface area contributed by atoms with Gasteiger partial charge in [-0.15, -0.1) is 0 Å². The molecule has 2 rings (SSSR count). The number of benzene rings is 2. The molecule has 0 aromatic heterocycles. The molecule has 152 valence electrons. The molecular weight excluding hydrogens is 358 g/mol. The molecule has 0 amide bonds. The fourth-order valence-corrected chi connectivity index (χ4v) is 2.63. The lowest BCUT2D eigenvalue weighted by atomic mass is 10.1. The molecule has 0 aliphatic carbocycles. The minimum Gasteiger partial charge on any atom is -0.497 e. The SMILES string of the molecule is CCNC(=NCc1ccc(OC)c(OC)c1)NCC(O)c1ccc(OC)cc1. The molecule has 7 heteroatoms. The van der Waals surface area contributed by atoms with Gasteiger partial charge in [-0.1, -0.05) is 18.2 Å². The quantitative estimate of drug-likeness (QED) is 0.453. The van der Waals surface area contributed by atoms with Gasteiger partial charge in [0.1, 0.15) is 5.75 Å². The summed E-state index contributed by atoms with van der Waals surface area (Å²) in [6.45, 7) is 3.52. The van der Waals surface area contributed by atoms with Crippen LogP contribution in [0.3, 0.4) is 0 Å². The van der Waals surface area contributed by atoms with Crippen molar-refractivity contribution in [2.24, 2.45) is 4.99 Å². The van der Waals surface area contributed by atoms with Crippen LogP contribution in [0, 0.1) is 0 Å². The van der Waals surface area contributed by atoms with Crippen molar-refractivity contribution in [3.8, 4) is 17.2 Å². The third-order valence-electron chi connectivity index (χ3n) is 4.18. The second kappa shape index (κ2) is 11.0. The Kier molecular flexibility index (Phi) is 8.42. The summed E-state index contributed by atoms with van der Waals surface area (Å²) in [5.41, 5.74) is 1.80. The summed E-state index contributed by atoms with van der Waals surface area (Å²) in [6.07, 6.45) is -0.657. The van der Waals surface area contributed by atoms with Crippen molar-refractivity contribution >= 4 is 5.96 Å². The average Bonchev–Trinajstić information content (AvgIpc) is 2.75. The number of aliphatic hydroxyl groups excluding tert-OH is 1. The van der Waals surface area contributed by atoms with Crippen LogP contribution in [0.4, 0.5) is 0 Å². The Balaban J connectivity index is 1.99. The molecule has 0 spiro atoms. The largest absolute Gasteiger partial charge is 0.497 e. The van der Waals surface area contributed by atoms with Crippen LogP contribution >= 0.6 is 0 Å². The Hall–Kier alpha value is -2.93. The van der Waals surface area contributed by atoms with E-state index in [9.17, 15) is 5.11 Å². The van der Waals surface area contributed by atoms with E-state index in [2.05, 4.69) is 15.6 Å². The predicted octanol–water partition coefficient (Wildman–Crippen LogP) is 2.50. The number of rotatable bonds is 9. The molecule has 28 heavy (non-hydrogen) atoms. The summed E-state index contributed by atoms with van der Waals surface area (Å²) < 4.78 is 15.7. The maximum Gasteiger partial charge on any atom is 0.191 e. The first kappa shape index (κ1) is 21.4. The van der Waals surface area contributed by atoms with Gasteiger partial charge in [-0.25, -0.2) is 4.99 Å². The Labute approximate surface area is 166 Å². The van der Waals surface area contributed by atoms with Gasteiger partial charge < -0.3 is 30.0 Å². The Morgan fingerprint density at radius 3 is 2.29 bits per heavy atom. The van der Waals surface area contributed by atoms with Crippen LogP contribution in [0.2, 0.25) is 0 Å². The number of ether oxygens (including phenoxy) is 3. The van der Waals surface area contributed by atoms with Crippen LogP contribution in [0.5, 0.6) is 17.2 Å². The molecule has 0 radical (unpaired) electrons. The van der Waals surface area contributed by atoms with E-state index < -0.39 is 6.10 Å². The first-order chi connectivity index (χ1) is 13.6. The summed E-state index contributed by atoms with van der Waals surface area (Å²) in [5.74, 6) is 2.74. The lowest BCUT2D eigenvalue weighted by molar-refractivity contribution is 0.180. The Morgan fingerprint density at radius 1 is 0.964 bits per heavy atom. The minimum absolute atomic E-state index is 0.337. The molecule has 2 aromatic carbocycles. The summed E-state index contributed by atoms with van der Waals surface area (Å²) >= 11 is 0. The van der Waals surface area contributed by atoms with Crippen LogP contribution in [-0.2, 0) is 6.54 Å². The zero-order chi connectivity index (χ0) is 20.4. The number of nitrogens with one attached hydrogen (secondary N) is 2. The van der Waals surface area contributed by atoms with Gasteiger partial charge in [0, 0.05) is 13.1 Å². The second-order valence-corrected chi connectivity index (χ2v) is 6.05. The predicted molar refractivity (Wildman–Crippen MR) is 110 cm³/mol. The normalized spacial score (nSPS) is 12.2. The highest BCUT2D eigenvalue weighted by atomic mass is 16.5. The van der Waals surface area contributed by atoms with E-state index in [4.69, 9.17) is 14.2 Å². The van der Waals surface area contributed by atoms with E-state index in [1.807, 2.05) is 49.4 Å². The van der Waals surface area contributed by atoms with E-state index in [1.54, 1.807) is 21.3 Å². The van der Waals surface area contributed by atoms with Gasteiger partial charge in [0.15, 0.2) is 17.5 Å². The molecule has 7 nitrogen and oxygen atoms in total. The Bertz CT molecular complexity index is 763. The number of hydrogen-bond acceptors (Lipinski definition) is 5. The fourth-order valence-electron chi connectivity index (χ4n) is 2.63. The Morgan fingerprint density at radius 2 is 1.68 bits per heavy atom. The number of methoxy groups -OCH3 is 3. The second-order valence-electron chi connectivity index (χ2n) is 6.05. The molecule has 1 unspecified atom stereocenters. The number of guanidine groups is 1. The third kappa shape index (κ3) is 6.06. The lowest BCUT2D eigenvalue weighted by Gasteiger charge is -2.16. The van der Waals surface area contributed by atoms with E-state index in [0.717, 1.165) is 23.4 Å². The van der Waals surface area contributed by atoms with E-state index >= 15 is 0 Å². The van der Waals surface area contributed by atoms with Crippen molar-refractivity contribution < 1.29 is 19.3 Å². The van der Waals surface area contributed by atoms with Crippen molar-refractivity contribution in [2.75, 3.05) is 34.4 Å². The highest BCUT2D eigenvalue weighted by molar-refractivity contribution is 5.79. The fraction of sp³-hybridized carbons (Fsp3) is 0.381. The highest BCUT2D eigenvalue weighted by Crippen LogP contribution is 2.27. The van der Waals surface area contributed by atoms with Gasteiger partial charge in [0.05, 0.1) is 34.0 Å². The summed E-state index contributed by atoms with van der Waals surface area (Å²) in [7, 11) is 4.83. The molecule has 0 aliphatic rings. The average molecular weight is 387 g/mol. The summed E-state index contributed by atoms with van der Waals surface area (Å²) in [4.78, 5) is 4.57. The maximum absolute atomic E-state index is 10.4. The van der Waals surface area contributed by atoms with Gasteiger partial charge in [0.25, 0.3) is 0 Å². The number of aliphatic imine (C=N–C) groups is 1. The first-order valence-electron chi connectivity index (χ1n) is 9.16. The molecular formula is C21H29N3O4. The zero-order valence-corrected chi connectivity index (χ0v) is 16.9. The third-order valence-corrected chi connectivity index (χ3v) is 4.18. The smallest absolute Gasteiger partial charge is 0.191 e. The highest BCUT2D eigenvalue weighted by Gasteiger charge is 2.09. The molecule has 1 atom stereocenters. The molecule has 0 saturated heterocycles. The van der Waals surface area contributed by atoms with Crippen LogP contribution in [-0.4, -0.2) is 45.5 Å². The lowest BCUT2D eigenvalue weighted by Crippen LogP contribution is -2.39. The molecule has 0 heterocycles. The van der Waals surface area contributed by atoms with Crippen LogP contribution < -0.4 is 24.8 Å². The number of hydrogen-bond donors (Lipinski definition) is 3. The maximum atomic E-state index is 10.4. The van der Waals surface area contributed by atoms with Crippen LogP contribution in [0.25, 0.3) is 0 Å². The van der Waals surface area contributed by atoms with Gasteiger partial charge in [-0.2, -0.15) is 0 Å².